The maximum absolute atomic E-state index is 12.5. The van der Waals surface area contributed by atoms with E-state index in [2.05, 4.69) is 5.32 Å². The van der Waals surface area contributed by atoms with Gasteiger partial charge in [0.1, 0.15) is 11.5 Å². The molecule has 7 heteroatoms. The highest BCUT2D eigenvalue weighted by molar-refractivity contribution is 5.82. The number of phenols is 2. The number of carbonyl (C=O) groups excluding carboxylic acids is 1. The summed E-state index contributed by atoms with van der Waals surface area (Å²) < 4.78 is 0. The number of β-amino-alcohol motifs (C(OH)–C–C–N with tert-alkyl or cyclic N) is 1. The van der Waals surface area contributed by atoms with Crippen molar-refractivity contribution >= 4 is 5.91 Å². The first kappa shape index (κ1) is 28.0. The zero-order chi connectivity index (χ0) is 26.3. The zero-order valence-electron chi connectivity index (χ0n) is 21.5. The van der Waals surface area contributed by atoms with Gasteiger partial charge in [-0.25, -0.2) is 0 Å². The fourth-order valence-electron chi connectivity index (χ4n) is 5.61. The van der Waals surface area contributed by atoms with Crippen molar-refractivity contribution in [3.05, 3.63) is 59.2 Å². The molecule has 1 aliphatic carbocycles. The number of carbonyl (C=O) groups is 1. The van der Waals surface area contributed by atoms with Crippen molar-refractivity contribution in [3.8, 4) is 11.5 Å². The molecule has 2 aromatic carbocycles. The first-order valence-corrected chi connectivity index (χ1v) is 13.0. The van der Waals surface area contributed by atoms with Gasteiger partial charge in [0.2, 0.25) is 5.91 Å². The number of aliphatic hydroxyl groups excluding tert-OH is 2. The lowest BCUT2D eigenvalue weighted by atomic mass is 9.76. The Balaban J connectivity index is 1.68. The number of rotatable bonds is 12. The Labute approximate surface area is 214 Å². The smallest absolute Gasteiger partial charge is 0.225 e. The summed E-state index contributed by atoms with van der Waals surface area (Å²) in [5, 5.41) is 43.4. The second kappa shape index (κ2) is 12.6. The molecule has 36 heavy (non-hydrogen) atoms. The van der Waals surface area contributed by atoms with Gasteiger partial charge in [0.05, 0.1) is 12.0 Å². The lowest BCUT2D eigenvalue weighted by molar-refractivity contribution is -0.121. The second-order valence-electron chi connectivity index (χ2n) is 11.0. The Morgan fingerprint density at radius 1 is 1.06 bits per heavy atom. The maximum Gasteiger partial charge on any atom is 0.225 e. The summed E-state index contributed by atoms with van der Waals surface area (Å²) in [4.78, 5) is 12.5. The van der Waals surface area contributed by atoms with Crippen LogP contribution in [0.1, 0.15) is 81.1 Å². The molecule has 1 aliphatic rings. The van der Waals surface area contributed by atoms with E-state index in [0.717, 1.165) is 30.4 Å². The van der Waals surface area contributed by atoms with Gasteiger partial charge in [-0.05, 0) is 67.3 Å². The molecule has 198 valence electrons. The minimum atomic E-state index is -0.905. The van der Waals surface area contributed by atoms with Gasteiger partial charge < -0.3 is 31.5 Å². The molecule has 2 aromatic rings. The first-order valence-electron chi connectivity index (χ1n) is 13.0. The Kier molecular flexibility index (Phi) is 9.77. The molecule has 1 amide bonds. The number of nitrogens with one attached hydrogen (secondary N) is 1. The molecule has 0 aromatic heterocycles. The average Bonchev–Trinajstić information content (AvgIpc) is 2.82. The monoisotopic (exact) mass is 498 g/mol. The molecular weight excluding hydrogens is 456 g/mol. The van der Waals surface area contributed by atoms with Crippen LogP contribution in [-0.2, 0) is 11.2 Å². The molecular formula is C29H42N2O5. The highest BCUT2D eigenvalue weighted by Gasteiger charge is 2.31. The number of phenolic OH excluding ortho intramolecular Hbond substituents is 2. The van der Waals surface area contributed by atoms with Crippen LogP contribution in [0.3, 0.4) is 0 Å². The Morgan fingerprint density at radius 3 is 2.33 bits per heavy atom. The predicted octanol–water partition coefficient (Wildman–Crippen LogP) is 3.89. The number of primary amides is 1. The molecule has 1 fully saturated rings. The van der Waals surface area contributed by atoms with Gasteiger partial charge in [0.15, 0.2) is 0 Å². The van der Waals surface area contributed by atoms with E-state index in [9.17, 15) is 25.2 Å². The molecule has 0 aliphatic heterocycles. The molecule has 7 nitrogen and oxygen atoms in total. The number of aliphatic hydroxyl groups is 2. The number of amides is 1. The van der Waals surface area contributed by atoms with E-state index in [0.29, 0.717) is 17.9 Å². The highest BCUT2D eigenvalue weighted by atomic mass is 16.3. The number of aromatic hydroxyl groups is 2. The van der Waals surface area contributed by atoms with E-state index in [1.807, 2.05) is 38.1 Å². The molecule has 0 spiro atoms. The van der Waals surface area contributed by atoms with E-state index in [1.54, 1.807) is 0 Å². The van der Waals surface area contributed by atoms with Crippen LogP contribution in [0.5, 0.6) is 11.5 Å². The van der Waals surface area contributed by atoms with Gasteiger partial charge in [-0.2, -0.15) is 0 Å². The van der Waals surface area contributed by atoms with Gasteiger partial charge in [-0.15, -0.1) is 0 Å². The molecule has 0 saturated heterocycles. The summed E-state index contributed by atoms with van der Waals surface area (Å²) in [6.45, 7) is 4.21. The van der Waals surface area contributed by atoms with E-state index in [-0.39, 0.29) is 36.1 Å². The van der Waals surface area contributed by atoms with E-state index < -0.39 is 17.9 Å². The van der Waals surface area contributed by atoms with Crippen molar-refractivity contribution in [2.75, 3.05) is 13.2 Å². The van der Waals surface area contributed by atoms with Crippen LogP contribution in [0.4, 0.5) is 0 Å². The third kappa shape index (κ3) is 7.95. The van der Waals surface area contributed by atoms with E-state index in [4.69, 9.17) is 5.73 Å². The Bertz CT molecular complexity index is 983. The van der Waals surface area contributed by atoms with Crippen LogP contribution < -0.4 is 11.1 Å². The van der Waals surface area contributed by atoms with Gasteiger partial charge in [-0.3, -0.25) is 4.79 Å². The summed E-state index contributed by atoms with van der Waals surface area (Å²) in [5.74, 6) is -0.808. The molecule has 1 saturated carbocycles. The minimum absolute atomic E-state index is 0.0656. The Morgan fingerprint density at radius 2 is 1.72 bits per heavy atom. The summed E-state index contributed by atoms with van der Waals surface area (Å²) in [7, 11) is 0. The average molecular weight is 499 g/mol. The maximum atomic E-state index is 12.5. The quantitative estimate of drug-likeness (QED) is 0.263. The zero-order valence-corrected chi connectivity index (χ0v) is 21.5. The van der Waals surface area contributed by atoms with Crippen molar-refractivity contribution in [2.24, 2.45) is 17.6 Å². The predicted molar refractivity (Wildman–Crippen MR) is 141 cm³/mol. The molecule has 3 atom stereocenters. The van der Waals surface area contributed by atoms with Gasteiger partial charge >= 0.3 is 0 Å². The van der Waals surface area contributed by atoms with Crippen molar-refractivity contribution in [2.45, 2.75) is 76.4 Å². The highest BCUT2D eigenvalue weighted by Crippen LogP contribution is 2.35. The lowest BCUT2D eigenvalue weighted by Gasteiger charge is -2.31. The molecule has 2 unspecified atom stereocenters. The normalized spacial score (nSPS) is 17.4. The van der Waals surface area contributed by atoms with Crippen molar-refractivity contribution in [1.82, 2.24) is 5.32 Å². The summed E-state index contributed by atoms with van der Waals surface area (Å²) in [6.07, 6.45) is 6.52. The third-order valence-corrected chi connectivity index (χ3v) is 7.41. The summed E-state index contributed by atoms with van der Waals surface area (Å²) in [6, 6.07) is 11.9. The number of hydrogen-bond donors (Lipinski definition) is 6. The van der Waals surface area contributed by atoms with E-state index >= 15 is 0 Å². The lowest BCUT2D eigenvalue weighted by Crippen LogP contribution is -2.43. The second-order valence-corrected chi connectivity index (χ2v) is 11.0. The van der Waals surface area contributed by atoms with Crippen LogP contribution in [-0.4, -0.2) is 45.0 Å². The van der Waals surface area contributed by atoms with Crippen molar-refractivity contribution in [1.29, 1.82) is 0 Å². The van der Waals surface area contributed by atoms with Crippen LogP contribution in [0.25, 0.3) is 0 Å². The van der Waals surface area contributed by atoms with Gasteiger partial charge in [0.25, 0.3) is 0 Å². The largest absolute Gasteiger partial charge is 0.508 e. The number of benzene rings is 2. The number of nitrogens with two attached hydrogens (primary N) is 1. The van der Waals surface area contributed by atoms with Crippen LogP contribution in [0.2, 0.25) is 0 Å². The van der Waals surface area contributed by atoms with Crippen LogP contribution in [0.15, 0.2) is 42.5 Å². The Hall–Kier alpha value is -2.61. The standard InChI is InChI=1S/C29H42N2O5/c1-29(2,31-17-26(35)22-13-24(33)15-25(34)14-22)16-20-9-6-10-21(12-20)27(28(30)36)23(18-32)11-19-7-4-3-5-8-19/h6,9-10,12-15,19,23,26-27,31-35H,3-5,7-8,11,16-18H2,1-2H3,(H2,30,36)/t23-,26?,27?/m1/s1. The van der Waals surface area contributed by atoms with Gasteiger partial charge in [0, 0.05) is 24.8 Å². The topological polar surface area (TPSA) is 136 Å². The van der Waals surface area contributed by atoms with Gasteiger partial charge in [-0.1, -0.05) is 56.4 Å². The van der Waals surface area contributed by atoms with Crippen molar-refractivity contribution in [3.63, 3.8) is 0 Å². The van der Waals surface area contributed by atoms with Crippen molar-refractivity contribution < 1.29 is 25.2 Å². The molecule has 0 heterocycles. The molecule has 0 radical (unpaired) electrons. The summed E-state index contributed by atoms with van der Waals surface area (Å²) >= 11 is 0. The number of hydrogen-bond acceptors (Lipinski definition) is 6. The molecule has 0 bridgehead atoms. The molecule has 3 rings (SSSR count). The molecule has 7 N–H and O–H groups in total. The SMILES string of the molecule is CC(C)(Cc1cccc(C(C(N)=O)[C@@H](CO)CC2CCCCC2)c1)NCC(O)c1cc(O)cc(O)c1. The van der Waals surface area contributed by atoms with E-state index in [1.165, 1.54) is 37.5 Å². The van der Waals surface area contributed by atoms with Crippen LogP contribution in [0, 0.1) is 11.8 Å². The third-order valence-electron chi connectivity index (χ3n) is 7.41. The fourth-order valence-corrected chi connectivity index (χ4v) is 5.61. The van der Waals surface area contributed by atoms with Crippen LogP contribution >= 0.6 is 0 Å². The first-order chi connectivity index (χ1) is 17.1. The fraction of sp³-hybridized carbons (Fsp3) is 0.552. The minimum Gasteiger partial charge on any atom is -0.508 e. The summed E-state index contributed by atoms with van der Waals surface area (Å²) in [5.41, 5.74) is 7.75.